The van der Waals surface area contributed by atoms with E-state index in [9.17, 15) is 19.1 Å². The molecule has 3 rings (SSSR count). The van der Waals surface area contributed by atoms with Gasteiger partial charge in [0.05, 0.1) is 16.2 Å². The Morgan fingerprint density at radius 1 is 1.39 bits per heavy atom. The number of amides is 1. The van der Waals surface area contributed by atoms with Gasteiger partial charge in [0.1, 0.15) is 6.17 Å². The lowest BCUT2D eigenvalue weighted by molar-refractivity contribution is -0.0127. The van der Waals surface area contributed by atoms with Gasteiger partial charge in [0, 0.05) is 36.1 Å². The van der Waals surface area contributed by atoms with Crippen LogP contribution in [0.3, 0.4) is 0 Å². The molecule has 1 amide bonds. The highest BCUT2D eigenvalue weighted by Gasteiger charge is 2.33. The molecule has 6 nitrogen and oxygen atoms in total. The first-order chi connectivity index (χ1) is 13.3. The maximum absolute atomic E-state index is 13.3. The number of fused-ring (bicyclic) bond motifs is 1. The average Bonchev–Trinajstić information content (AvgIpc) is 2.68. The molecule has 1 heterocycles. The maximum Gasteiger partial charge on any atom is 0.258 e. The van der Waals surface area contributed by atoms with Gasteiger partial charge in [0.25, 0.3) is 11.5 Å². The number of aliphatic hydroxyl groups is 1. The van der Waals surface area contributed by atoms with Crippen molar-refractivity contribution in [3.8, 4) is 0 Å². The van der Waals surface area contributed by atoms with Crippen LogP contribution in [-0.2, 0) is 0 Å². The molecule has 8 heteroatoms. The first-order valence-electron chi connectivity index (χ1n) is 9.44. The van der Waals surface area contributed by atoms with Gasteiger partial charge in [0.2, 0.25) is 0 Å². The molecule has 1 atom stereocenters. The van der Waals surface area contributed by atoms with Crippen LogP contribution in [0.4, 0.5) is 4.39 Å². The van der Waals surface area contributed by atoms with Crippen LogP contribution in [-0.4, -0.2) is 40.4 Å². The fourth-order valence-corrected chi connectivity index (χ4v) is 3.89. The van der Waals surface area contributed by atoms with Gasteiger partial charge in [-0.1, -0.05) is 11.6 Å². The van der Waals surface area contributed by atoms with Crippen molar-refractivity contribution in [2.24, 2.45) is 5.73 Å². The second-order valence-corrected chi connectivity index (χ2v) is 7.99. The van der Waals surface area contributed by atoms with Gasteiger partial charge in [-0.3, -0.25) is 9.59 Å². The third-order valence-corrected chi connectivity index (χ3v) is 5.84. The molecule has 1 saturated carbocycles. The standard InChI is InChI=1S/C20H25ClFN3O3/c1-12(10-23)25-9-6-14-15(19(25)27)2-3-16(21)17(14)18(26)24-11-20(28)7-4-13(22)5-8-20/h2-3,6,9,12-13,28H,4-5,7-8,10-11,23H2,1H3,(H,24,26)/t12-,13?,20?/m1/s1. The van der Waals surface area contributed by atoms with Crippen LogP contribution < -0.4 is 16.6 Å². The molecule has 0 saturated heterocycles. The van der Waals surface area contributed by atoms with Gasteiger partial charge in [0.15, 0.2) is 0 Å². The van der Waals surface area contributed by atoms with Gasteiger partial charge in [-0.25, -0.2) is 4.39 Å². The molecular formula is C20H25ClFN3O3. The molecule has 1 fully saturated rings. The molecule has 0 aliphatic heterocycles. The number of carbonyl (C=O) groups excluding carboxylic acids is 1. The van der Waals surface area contributed by atoms with E-state index in [2.05, 4.69) is 5.32 Å². The van der Waals surface area contributed by atoms with Crippen molar-refractivity contribution in [1.29, 1.82) is 0 Å². The number of pyridine rings is 1. The lowest BCUT2D eigenvalue weighted by Gasteiger charge is -2.33. The summed E-state index contributed by atoms with van der Waals surface area (Å²) in [5.41, 5.74) is 4.47. The summed E-state index contributed by atoms with van der Waals surface area (Å²) in [7, 11) is 0. The van der Waals surface area contributed by atoms with E-state index in [0.29, 0.717) is 30.2 Å². The summed E-state index contributed by atoms with van der Waals surface area (Å²) >= 11 is 6.25. The van der Waals surface area contributed by atoms with E-state index in [-0.39, 0.29) is 41.6 Å². The highest BCUT2D eigenvalue weighted by molar-refractivity contribution is 6.35. The Morgan fingerprint density at radius 2 is 2.07 bits per heavy atom. The number of alkyl halides is 1. The highest BCUT2D eigenvalue weighted by Crippen LogP contribution is 2.30. The van der Waals surface area contributed by atoms with Crippen LogP contribution in [0.2, 0.25) is 5.02 Å². The normalized spacial score (nSPS) is 23.5. The number of rotatable bonds is 5. The lowest BCUT2D eigenvalue weighted by Crippen LogP contribution is -2.45. The number of nitrogens with zero attached hydrogens (tertiary/aromatic N) is 1. The van der Waals surface area contributed by atoms with Gasteiger partial charge in [-0.05, 0) is 50.8 Å². The maximum atomic E-state index is 13.3. The van der Waals surface area contributed by atoms with Crippen molar-refractivity contribution in [3.63, 3.8) is 0 Å². The fraction of sp³-hybridized carbons (Fsp3) is 0.500. The molecular weight excluding hydrogens is 385 g/mol. The summed E-state index contributed by atoms with van der Waals surface area (Å²) in [5.74, 6) is -0.476. The summed E-state index contributed by atoms with van der Waals surface area (Å²) in [6.07, 6.45) is 1.84. The minimum atomic E-state index is -1.13. The van der Waals surface area contributed by atoms with Crippen molar-refractivity contribution in [2.75, 3.05) is 13.1 Å². The summed E-state index contributed by atoms with van der Waals surface area (Å²) in [6.45, 7) is 2.15. The van der Waals surface area contributed by atoms with Crippen molar-refractivity contribution < 1.29 is 14.3 Å². The van der Waals surface area contributed by atoms with Gasteiger partial charge in [-0.2, -0.15) is 0 Å². The van der Waals surface area contributed by atoms with E-state index < -0.39 is 17.7 Å². The first kappa shape index (κ1) is 20.8. The van der Waals surface area contributed by atoms with Crippen LogP contribution in [0.25, 0.3) is 10.8 Å². The largest absolute Gasteiger partial charge is 0.388 e. The fourth-order valence-electron chi connectivity index (χ4n) is 3.64. The minimum Gasteiger partial charge on any atom is -0.388 e. The zero-order chi connectivity index (χ0) is 20.5. The summed E-state index contributed by atoms with van der Waals surface area (Å²) < 4.78 is 14.8. The molecule has 1 aliphatic rings. The van der Waals surface area contributed by atoms with Crippen LogP contribution in [0.5, 0.6) is 0 Å². The molecule has 28 heavy (non-hydrogen) atoms. The van der Waals surface area contributed by atoms with Crippen molar-refractivity contribution in [1.82, 2.24) is 9.88 Å². The molecule has 152 valence electrons. The third-order valence-electron chi connectivity index (χ3n) is 5.53. The van der Waals surface area contributed by atoms with Crippen molar-refractivity contribution in [3.05, 3.63) is 45.3 Å². The smallest absolute Gasteiger partial charge is 0.258 e. The monoisotopic (exact) mass is 409 g/mol. The Balaban J connectivity index is 1.89. The third kappa shape index (κ3) is 4.06. The second kappa shape index (κ2) is 8.19. The predicted molar refractivity (Wildman–Crippen MR) is 108 cm³/mol. The summed E-state index contributed by atoms with van der Waals surface area (Å²) in [4.78, 5) is 25.6. The Hall–Kier alpha value is -1.96. The number of hydrogen-bond acceptors (Lipinski definition) is 4. The number of nitrogens with one attached hydrogen (secondary N) is 1. The van der Waals surface area contributed by atoms with Crippen LogP contribution in [0.1, 0.15) is 49.0 Å². The minimum absolute atomic E-state index is 0.00649. The first-order valence-corrected chi connectivity index (χ1v) is 9.81. The lowest BCUT2D eigenvalue weighted by atomic mass is 9.84. The van der Waals surface area contributed by atoms with Gasteiger partial charge >= 0.3 is 0 Å². The van der Waals surface area contributed by atoms with Crippen LogP contribution >= 0.6 is 11.6 Å². The summed E-state index contributed by atoms with van der Waals surface area (Å²) in [6, 6.07) is 4.60. The second-order valence-electron chi connectivity index (χ2n) is 7.58. The molecule has 2 aromatic rings. The zero-order valence-corrected chi connectivity index (χ0v) is 16.5. The Morgan fingerprint density at radius 3 is 2.71 bits per heavy atom. The van der Waals surface area contributed by atoms with Gasteiger partial charge < -0.3 is 20.7 Å². The number of halogens is 2. The Labute approximate surface area is 167 Å². The zero-order valence-electron chi connectivity index (χ0n) is 15.8. The molecule has 4 N–H and O–H groups in total. The van der Waals surface area contributed by atoms with E-state index in [1.807, 2.05) is 6.92 Å². The molecule has 1 aromatic heterocycles. The van der Waals surface area contributed by atoms with E-state index in [1.165, 1.54) is 10.6 Å². The predicted octanol–water partition coefficient (Wildman–Crippen LogP) is 2.55. The molecule has 0 unspecified atom stereocenters. The Bertz CT molecular complexity index is 938. The van der Waals surface area contributed by atoms with E-state index in [0.717, 1.165) is 0 Å². The van der Waals surface area contributed by atoms with Crippen LogP contribution in [0.15, 0.2) is 29.2 Å². The highest BCUT2D eigenvalue weighted by atomic mass is 35.5. The average molecular weight is 410 g/mol. The Kier molecular flexibility index (Phi) is 6.07. The number of carbonyl (C=O) groups is 1. The number of aromatic nitrogens is 1. The van der Waals surface area contributed by atoms with E-state index in [1.54, 1.807) is 18.3 Å². The summed E-state index contributed by atoms with van der Waals surface area (Å²) in [5, 5.41) is 14.3. The SMILES string of the molecule is C[C@H](CN)n1ccc2c(C(=O)NCC3(O)CCC(F)CC3)c(Cl)ccc2c1=O. The quantitative estimate of drug-likeness (QED) is 0.706. The van der Waals surface area contributed by atoms with Crippen molar-refractivity contribution in [2.45, 2.75) is 50.4 Å². The number of hydrogen-bond donors (Lipinski definition) is 3. The molecule has 0 radical (unpaired) electrons. The van der Waals surface area contributed by atoms with Crippen LogP contribution in [0, 0.1) is 0 Å². The van der Waals surface area contributed by atoms with Gasteiger partial charge in [-0.15, -0.1) is 0 Å². The molecule has 1 aliphatic carbocycles. The molecule has 0 spiro atoms. The molecule has 1 aromatic carbocycles. The number of nitrogens with two attached hydrogens (primary N) is 1. The topological polar surface area (TPSA) is 97.3 Å². The van der Waals surface area contributed by atoms with E-state index in [4.69, 9.17) is 17.3 Å². The van der Waals surface area contributed by atoms with Crippen molar-refractivity contribution >= 4 is 28.3 Å². The molecule has 0 bridgehead atoms. The number of benzene rings is 1. The van der Waals surface area contributed by atoms with E-state index >= 15 is 0 Å².